The molecule has 0 atom stereocenters. The maximum atomic E-state index is 11.4. The van der Waals surface area contributed by atoms with Crippen LogP contribution < -0.4 is 16.4 Å². The maximum Gasteiger partial charge on any atom is 0.270 e. The van der Waals surface area contributed by atoms with Crippen LogP contribution in [0.2, 0.25) is 0 Å². The number of nitrogens with one attached hydrogen (secondary N) is 2. The zero-order chi connectivity index (χ0) is 16.7. The minimum atomic E-state index is -0.696. The number of nitrogens with two attached hydrogens (primary N) is 1. The van der Waals surface area contributed by atoms with Gasteiger partial charge in [-0.05, 0) is 24.6 Å². The molecule has 0 heterocycles. The predicted octanol–water partition coefficient (Wildman–Crippen LogP) is 2.61. The largest absolute Gasteiger partial charge is 0.385 e. The van der Waals surface area contributed by atoms with Crippen molar-refractivity contribution in [3.63, 3.8) is 0 Å². The molecule has 2 aromatic carbocycles. The second kappa shape index (κ2) is 7.79. The van der Waals surface area contributed by atoms with E-state index in [9.17, 15) is 14.9 Å². The van der Waals surface area contributed by atoms with E-state index in [1.807, 2.05) is 30.3 Å². The Morgan fingerprint density at radius 2 is 1.78 bits per heavy atom. The Kier molecular flexibility index (Phi) is 5.51. The molecule has 2 rings (SSSR count). The van der Waals surface area contributed by atoms with E-state index in [0.29, 0.717) is 12.2 Å². The molecule has 23 heavy (non-hydrogen) atoms. The van der Waals surface area contributed by atoms with Crippen molar-refractivity contribution in [2.24, 2.45) is 5.73 Å². The third-order valence-electron chi connectivity index (χ3n) is 3.25. The molecule has 0 fully saturated rings. The molecule has 0 saturated carbocycles. The quantitative estimate of drug-likeness (QED) is 0.394. The van der Waals surface area contributed by atoms with Crippen LogP contribution in [0, 0.1) is 10.1 Å². The van der Waals surface area contributed by atoms with Gasteiger partial charge in [0.1, 0.15) is 0 Å². The van der Waals surface area contributed by atoms with Crippen molar-refractivity contribution in [3.8, 4) is 0 Å². The topological polar surface area (TPSA) is 110 Å². The molecule has 7 nitrogen and oxygen atoms in total. The smallest absolute Gasteiger partial charge is 0.270 e. The molecular weight excluding hydrogens is 296 g/mol. The Morgan fingerprint density at radius 3 is 2.43 bits per heavy atom. The fourth-order valence-corrected chi connectivity index (χ4v) is 2.10. The number of benzene rings is 2. The predicted molar refractivity (Wildman–Crippen MR) is 89.7 cm³/mol. The molecule has 0 spiro atoms. The van der Waals surface area contributed by atoms with E-state index in [2.05, 4.69) is 10.6 Å². The number of nitro groups is 1. The molecular formula is C16H18N4O3. The lowest BCUT2D eigenvalue weighted by molar-refractivity contribution is -0.384. The molecule has 1 amide bonds. The highest BCUT2D eigenvalue weighted by molar-refractivity contribution is 5.99. The third kappa shape index (κ3) is 4.70. The second-order valence-corrected chi connectivity index (χ2v) is 4.92. The number of carbonyl (C=O) groups excluding carboxylic acids is 1. The van der Waals surface area contributed by atoms with Gasteiger partial charge in [0.2, 0.25) is 0 Å². The van der Waals surface area contributed by atoms with E-state index in [1.165, 1.54) is 18.2 Å². The van der Waals surface area contributed by atoms with Gasteiger partial charge in [-0.2, -0.15) is 0 Å². The van der Waals surface area contributed by atoms with Gasteiger partial charge in [-0.25, -0.2) is 0 Å². The zero-order valence-corrected chi connectivity index (χ0v) is 12.5. The number of nitro benzene ring substituents is 1. The van der Waals surface area contributed by atoms with Crippen LogP contribution in [0.25, 0.3) is 0 Å². The SMILES string of the molecule is NC(=O)c1cc([N+](=O)[O-])ccc1NCCCNc1ccccc1. The molecule has 0 aromatic heterocycles. The number of non-ortho nitro benzene ring substituents is 1. The van der Waals surface area contributed by atoms with Crippen molar-refractivity contribution in [3.05, 3.63) is 64.2 Å². The van der Waals surface area contributed by atoms with E-state index < -0.39 is 10.8 Å². The van der Waals surface area contributed by atoms with E-state index in [0.717, 1.165) is 18.7 Å². The van der Waals surface area contributed by atoms with Gasteiger partial charge >= 0.3 is 0 Å². The summed E-state index contributed by atoms with van der Waals surface area (Å²) in [6.07, 6.45) is 0.810. The first-order chi connectivity index (χ1) is 11.1. The van der Waals surface area contributed by atoms with Crippen molar-refractivity contribution in [2.75, 3.05) is 23.7 Å². The van der Waals surface area contributed by atoms with Crippen molar-refractivity contribution in [2.45, 2.75) is 6.42 Å². The lowest BCUT2D eigenvalue weighted by Crippen LogP contribution is -2.16. The molecule has 120 valence electrons. The summed E-state index contributed by atoms with van der Waals surface area (Å²) >= 11 is 0. The van der Waals surface area contributed by atoms with Crippen LogP contribution in [0.3, 0.4) is 0 Å². The average molecular weight is 314 g/mol. The molecule has 4 N–H and O–H groups in total. The summed E-state index contributed by atoms with van der Waals surface area (Å²) in [5.74, 6) is -0.696. The van der Waals surface area contributed by atoms with E-state index in [1.54, 1.807) is 0 Å². The van der Waals surface area contributed by atoms with Crippen LogP contribution in [0.15, 0.2) is 48.5 Å². The fourth-order valence-electron chi connectivity index (χ4n) is 2.10. The van der Waals surface area contributed by atoms with Crippen LogP contribution in [-0.4, -0.2) is 23.9 Å². The lowest BCUT2D eigenvalue weighted by atomic mass is 10.1. The van der Waals surface area contributed by atoms with Gasteiger partial charge in [0.15, 0.2) is 0 Å². The summed E-state index contributed by atoms with van der Waals surface area (Å²) in [7, 11) is 0. The molecule has 0 aliphatic heterocycles. The number of carbonyl (C=O) groups is 1. The molecule has 0 aliphatic carbocycles. The van der Waals surface area contributed by atoms with Crippen molar-refractivity contribution in [1.82, 2.24) is 0 Å². The van der Waals surface area contributed by atoms with Gasteiger partial charge in [0, 0.05) is 36.6 Å². The molecule has 0 radical (unpaired) electrons. The van der Waals surface area contributed by atoms with Gasteiger partial charge in [0.25, 0.3) is 11.6 Å². The molecule has 7 heteroatoms. The van der Waals surface area contributed by atoms with Crippen LogP contribution in [0.1, 0.15) is 16.8 Å². The fraction of sp³-hybridized carbons (Fsp3) is 0.188. The first kappa shape index (κ1) is 16.3. The average Bonchev–Trinajstić information content (AvgIpc) is 2.55. The summed E-state index contributed by atoms with van der Waals surface area (Å²) in [6.45, 7) is 1.37. The van der Waals surface area contributed by atoms with Crippen LogP contribution in [-0.2, 0) is 0 Å². The monoisotopic (exact) mass is 314 g/mol. The van der Waals surface area contributed by atoms with Crippen LogP contribution >= 0.6 is 0 Å². The molecule has 2 aromatic rings. The van der Waals surface area contributed by atoms with Crippen molar-refractivity contribution >= 4 is 23.0 Å². The molecule has 0 saturated heterocycles. The van der Waals surface area contributed by atoms with Crippen molar-refractivity contribution < 1.29 is 9.72 Å². The van der Waals surface area contributed by atoms with Gasteiger partial charge in [-0.1, -0.05) is 18.2 Å². The van der Waals surface area contributed by atoms with E-state index in [-0.39, 0.29) is 11.3 Å². The Balaban J connectivity index is 1.87. The highest BCUT2D eigenvalue weighted by Crippen LogP contribution is 2.21. The molecule has 0 unspecified atom stereocenters. The third-order valence-corrected chi connectivity index (χ3v) is 3.25. The standard InChI is InChI=1S/C16H18N4O3/c17-16(21)14-11-13(20(22)23)7-8-15(14)19-10-4-9-18-12-5-2-1-3-6-12/h1-3,5-8,11,18-19H,4,9-10H2,(H2,17,21). The van der Waals surface area contributed by atoms with E-state index in [4.69, 9.17) is 5.73 Å². The lowest BCUT2D eigenvalue weighted by Gasteiger charge is -2.11. The highest BCUT2D eigenvalue weighted by Gasteiger charge is 2.14. The van der Waals surface area contributed by atoms with Gasteiger partial charge < -0.3 is 16.4 Å². The second-order valence-electron chi connectivity index (χ2n) is 4.92. The van der Waals surface area contributed by atoms with E-state index >= 15 is 0 Å². The number of para-hydroxylation sites is 1. The van der Waals surface area contributed by atoms with Crippen molar-refractivity contribution in [1.29, 1.82) is 0 Å². The van der Waals surface area contributed by atoms with Gasteiger partial charge in [-0.15, -0.1) is 0 Å². The summed E-state index contributed by atoms with van der Waals surface area (Å²) in [5, 5.41) is 17.1. The highest BCUT2D eigenvalue weighted by atomic mass is 16.6. The summed E-state index contributed by atoms with van der Waals surface area (Å²) in [5.41, 5.74) is 6.78. The Morgan fingerprint density at radius 1 is 1.09 bits per heavy atom. The number of hydrogen-bond acceptors (Lipinski definition) is 5. The Labute approximate surface area is 133 Å². The van der Waals surface area contributed by atoms with Gasteiger partial charge in [-0.3, -0.25) is 14.9 Å². The first-order valence-electron chi connectivity index (χ1n) is 7.19. The van der Waals surface area contributed by atoms with Crippen LogP contribution in [0.5, 0.6) is 0 Å². The summed E-state index contributed by atoms with van der Waals surface area (Å²) < 4.78 is 0. The number of hydrogen-bond donors (Lipinski definition) is 3. The molecule has 0 aliphatic rings. The molecule has 0 bridgehead atoms. The number of rotatable bonds is 8. The number of primary amides is 1. The number of amides is 1. The number of anilines is 2. The summed E-state index contributed by atoms with van der Waals surface area (Å²) in [6, 6.07) is 13.9. The summed E-state index contributed by atoms with van der Waals surface area (Å²) in [4.78, 5) is 21.6. The first-order valence-corrected chi connectivity index (χ1v) is 7.19. The van der Waals surface area contributed by atoms with Crippen LogP contribution in [0.4, 0.5) is 17.1 Å². The minimum absolute atomic E-state index is 0.121. The Hall–Kier alpha value is -3.09. The maximum absolute atomic E-state index is 11.4. The van der Waals surface area contributed by atoms with Gasteiger partial charge in [0.05, 0.1) is 10.5 Å². The normalized spacial score (nSPS) is 10.1. The zero-order valence-electron chi connectivity index (χ0n) is 12.5. The Bertz CT molecular complexity index is 689. The number of nitrogens with zero attached hydrogens (tertiary/aromatic N) is 1. The minimum Gasteiger partial charge on any atom is -0.385 e.